The molecule has 3 N–H and O–H groups in total. The number of halogens is 1. The Morgan fingerprint density at radius 3 is 2.89 bits per heavy atom. The molecule has 7 heteroatoms. The Bertz CT molecular complexity index is 770. The monoisotopic (exact) mass is 401 g/mol. The van der Waals surface area contributed by atoms with E-state index in [4.69, 9.17) is 11.6 Å². The lowest BCUT2D eigenvalue weighted by Gasteiger charge is -2.20. The van der Waals surface area contributed by atoms with Crippen LogP contribution in [0.3, 0.4) is 0 Å². The summed E-state index contributed by atoms with van der Waals surface area (Å²) in [5.74, 6) is 1.56. The number of aliphatic imine (C=N–C) groups is 1. The Labute approximate surface area is 171 Å². The number of aliphatic hydroxyl groups is 1. The lowest BCUT2D eigenvalue weighted by Crippen LogP contribution is -2.45. The lowest BCUT2D eigenvalue weighted by molar-refractivity contribution is 0.183. The van der Waals surface area contributed by atoms with Crippen molar-refractivity contribution in [2.75, 3.05) is 31.1 Å². The molecule has 2 unspecified atom stereocenters. The number of hydrogen-bond acceptors (Lipinski definition) is 4. The number of hydrogen-bond donors (Lipinski definition) is 3. The van der Waals surface area contributed by atoms with Crippen LogP contribution in [0.5, 0.6) is 0 Å². The van der Waals surface area contributed by atoms with E-state index in [0.29, 0.717) is 18.0 Å². The van der Waals surface area contributed by atoms with Gasteiger partial charge in [-0.3, -0.25) is 4.99 Å². The van der Waals surface area contributed by atoms with Gasteiger partial charge in [0.2, 0.25) is 0 Å². The third-order valence-electron chi connectivity index (χ3n) is 4.69. The summed E-state index contributed by atoms with van der Waals surface area (Å²) in [5, 5.41) is 17.7. The molecule has 1 aliphatic rings. The van der Waals surface area contributed by atoms with E-state index in [-0.39, 0.29) is 6.04 Å². The molecule has 1 aromatic heterocycles. The van der Waals surface area contributed by atoms with Crippen LogP contribution in [0.4, 0.5) is 5.82 Å². The fraction of sp³-hybridized carbons (Fsp3) is 0.429. The Morgan fingerprint density at radius 1 is 1.32 bits per heavy atom. The third kappa shape index (κ3) is 5.84. The van der Waals surface area contributed by atoms with Gasteiger partial charge >= 0.3 is 0 Å². The maximum Gasteiger partial charge on any atom is 0.191 e. The minimum absolute atomic E-state index is 0.252. The molecule has 0 saturated carbocycles. The van der Waals surface area contributed by atoms with Crippen molar-refractivity contribution in [3.8, 4) is 0 Å². The van der Waals surface area contributed by atoms with E-state index >= 15 is 0 Å². The van der Waals surface area contributed by atoms with E-state index in [1.165, 1.54) is 0 Å². The van der Waals surface area contributed by atoms with Crippen molar-refractivity contribution in [1.82, 2.24) is 15.6 Å². The number of benzene rings is 1. The molecule has 6 nitrogen and oxygen atoms in total. The van der Waals surface area contributed by atoms with E-state index < -0.39 is 6.10 Å². The number of nitrogens with zero attached hydrogens (tertiary/aromatic N) is 3. The zero-order valence-corrected chi connectivity index (χ0v) is 16.9. The second kappa shape index (κ2) is 10.3. The summed E-state index contributed by atoms with van der Waals surface area (Å²) in [4.78, 5) is 11.2. The maximum absolute atomic E-state index is 10.3. The van der Waals surface area contributed by atoms with E-state index in [1.807, 2.05) is 49.4 Å². The van der Waals surface area contributed by atoms with Crippen molar-refractivity contribution in [3.63, 3.8) is 0 Å². The second-order valence-electron chi connectivity index (χ2n) is 6.95. The summed E-state index contributed by atoms with van der Waals surface area (Å²) in [6.07, 6.45) is 2.83. The molecule has 3 rings (SSSR count). The van der Waals surface area contributed by atoms with Gasteiger partial charge in [-0.25, -0.2) is 4.98 Å². The molecule has 0 spiro atoms. The molecule has 28 heavy (non-hydrogen) atoms. The number of aliphatic hydroxyl groups excluding tert-OH is 1. The number of nitrogens with one attached hydrogen (secondary N) is 2. The summed E-state index contributed by atoms with van der Waals surface area (Å²) in [5.41, 5.74) is 1.11. The molecule has 0 radical (unpaired) electrons. The molecule has 0 bridgehead atoms. The molecular formula is C21H28ClN5O. The predicted octanol–water partition coefficient (Wildman–Crippen LogP) is 2.47. The Hall–Kier alpha value is -2.31. The molecule has 1 aromatic carbocycles. The highest BCUT2D eigenvalue weighted by Crippen LogP contribution is 2.25. The normalized spacial score (nSPS) is 18.2. The molecule has 1 saturated heterocycles. The highest BCUT2D eigenvalue weighted by Gasteiger charge is 2.25. The minimum Gasteiger partial charge on any atom is -0.391 e. The van der Waals surface area contributed by atoms with Crippen molar-refractivity contribution in [1.29, 1.82) is 0 Å². The molecule has 0 amide bonds. The van der Waals surface area contributed by atoms with Crippen LogP contribution in [0.15, 0.2) is 53.7 Å². The van der Waals surface area contributed by atoms with E-state index in [9.17, 15) is 5.11 Å². The van der Waals surface area contributed by atoms with Crippen LogP contribution in [-0.2, 0) is 6.42 Å². The first-order valence-corrected chi connectivity index (χ1v) is 10.2. The number of pyridine rings is 1. The largest absolute Gasteiger partial charge is 0.391 e. The Kier molecular flexibility index (Phi) is 7.51. The summed E-state index contributed by atoms with van der Waals surface area (Å²) >= 11 is 6.27. The van der Waals surface area contributed by atoms with Crippen molar-refractivity contribution in [2.24, 2.45) is 4.99 Å². The van der Waals surface area contributed by atoms with Crippen LogP contribution in [0.2, 0.25) is 5.02 Å². The number of anilines is 1. The number of aromatic nitrogens is 1. The van der Waals surface area contributed by atoms with Gasteiger partial charge in [-0.15, -0.1) is 0 Å². The minimum atomic E-state index is -0.509. The van der Waals surface area contributed by atoms with Crippen LogP contribution >= 0.6 is 11.6 Å². The quantitative estimate of drug-likeness (QED) is 0.491. The van der Waals surface area contributed by atoms with Gasteiger partial charge in [-0.1, -0.05) is 41.9 Å². The van der Waals surface area contributed by atoms with Gasteiger partial charge in [0.05, 0.1) is 17.7 Å². The summed E-state index contributed by atoms with van der Waals surface area (Å²) < 4.78 is 0. The van der Waals surface area contributed by atoms with Crippen LogP contribution in [-0.4, -0.2) is 54.4 Å². The first-order chi connectivity index (χ1) is 13.7. The fourth-order valence-electron chi connectivity index (χ4n) is 3.34. The second-order valence-corrected chi connectivity index (χ2v) is 7.36. The van der Waals surface area contributed by atoms with Gasteiger partial charge in [0.1, 0.15) is 5.82 Å². The van der Waals surface area contributed by atoms with Crippen molar-refractivity contribution < 1.29 is 5.11 Å². The zero-order chi connectivity index (χ0) is 19.8. The molecule has 0 aliphatic carbocycles. The highest BCUT2D eigenvalue weighted by molar-refractivity contribution is 6.32. The fourth-order valence-corrected chi connectivity index (χ4v) is 3.58. The van der Waals surface area contributed by atoms with Gasteiger partial charge < -0.3 is 20.6 Å². The van der Waals surface area contributed by atoms with Crippen molar-refractivity contribution >= 4 is 23.4 Å². The standard InChI is InChI=1S/C21H28ClN5O/c1-2-23-21(25-14-18(28)13-16-7-4-3-5-8-16)26-17-10-12-27(15-17)20-19(22)9-6-11-24-20/h3-9,11,17-18,28H,2,10,12-15H2,1H3,(H2,23,25,26). The van der Waals surface area contributed by atoms with E-state index in [1.54, 1.807) is 6.20 Å². The average Bonchev–Trinajstić information content (AvgIpc) is 3.16. The number of guanidine groups is 1. The van der Waals surface area contributed by atoms with E-state index in [0.717, 1.165) is 43.4 Å². The highest BCUT2D eigenvalue weighted by atomic mass is 35.5. The summed E-state index contributed by atoms with van der Waals surface area (Å²) in [6.45, 7) is 4.86. The molecule has 2 aromatic rings. The molecule has 150 valence electrons. The first-order valence-electron chi connectivity index (χ1n) is 9.78. The summed E-state index contributed by atoms with van der Waals surface area (Å²) in [7, 11) is 0. The van der Waals surface area contributed by atoms with Gasteiger partial charge in [0.15, 0.2) is 5.96 Å². The third-order valence-corrected chi connectivity index (χ3v) is 4.98. The predicted molar refractivity (Wildman–Crippen MR) is 115 cm³/mol. The van der Waals surface area contributed by atoms with Crippen LogP contribution in [0.1, 0.15) is 18.9 Å². The van der Waals surface area contributed by atoms with Crippen LogP contribution in [0, 0.1) is 0 Å². The summed E-state index contributed by atoms with van der Waals surface area (Å²) in [6, 6.07) is 13.9. The molecular weight excluding hydrogens is 374 g/mol. The van der Waals surface area contributed by atoms with Crippen molar-refractivity contribution in [3.05, 3.63) is 59.2 Å². The first kappa shape index (κ1) is 20.4. The van der Waals surface area contributed by atoms with Gasteiger partial charge in [0, 0.05) is 38.3 Å². The Morgan fingerprint density at radius 2 is 2.14 bits per heavy atom. The zero-order valence-electron chi connectivity index (χ0n) is 16.2. The van der Waals surface area contributed by atoms with Crippen LogP contribution < -0.4 is 15.5 Å². The lowest BCUT2D eigenvalue weighted by atomic mass is 10.1. The van der Waals surface area contributed by atoms with Crippen LogP contribution in [0.25, 0.3) is 0 Å². The Balaban J connectivity index is 1.54. The SMILES string of the molecule is CCNC(=NCC(O)Cc1ccccc1)NC1CCN(c2ncccc2Cl)C1. The van der Waals surface area contributed by atoms with E-state index in [2.05, 4.69) is 25.5 Å². The topological polar surface area (TPSA) is 72.8 Å². The molecule has 2 atom stereocenters. The molecule has 2 heterocycles. The van der Waals surface area contributed by atoms with Gasteiger partial charge in [-0.2, -0.15) is 0 Å². The maximum atomic E-state index is 10.3. The van der Waals surface area contributed by atoms with Gasteiger partial charge in [-0.05, 0) is 31.0 Å². The van der Waals surface area contributed by atoms with Gasteiger partial charge in [0.25, 0.3) is 0 Å². The smallest absolute Gasteiger partial charge is 0.191 e. The number of rotatable bonds is 7. The average molecular weight is 402 g/mol. The van der Waals surface area contributed by atoms with Crippen molar-refractivity contribution in [2.45, 2.75) is 31.9 Å². The molecule has 1 aliphatic heterocycles. The molecule has 1 fully saturated rings.